The number of benzene rings is 1. The maximum Gasteiger partial charge on any atom is 0.449 e. The van der Waals surface area contributed by atoms with Crippen LogP contribution in [0.1, 0.15) is 5.82 Å². The van der Waals surface area contributed by atoms with Gasteiger partial charge in [0.15, 0.2) is 0 Å². The molecule has 0 saturated carbocycles. The maximum atomic E-state index is 12.6. The molecular weight excluding hydrogens is 301 g/mol. The zero-order valence-electron chi connectivity index (χ0n) is 9.35. The van der Waals surface area contributed by atoms with Crippen LogP contribution in [0.25, 0.3) is 22.1 Å². The number of fused-ring (bicyclic) bond motifs is 3. The van der Waals surface area contributed by atoms with Gasteiger partial charge in [0.25, 0.3) is 0 Å². The summed E-state index contributed by atoms with van der Waals surface area (Å²) in [5, 5.41) is -0.0815. The highest BCUT2D eigenvalue weighted by Crippen LogP contribution is 2.33. The van der Waals surface area contributed by atoms with Crippen molar-refractivity contribution < 1.29 is 13.2 Å². The first kappa shape index (κ1) is 12.7. The molecule has 0 atom stereocenters. The molecule has 0 spiro atoms. The third kappa shape index (κ3) is 1.78. The van der Waals surface area contributed by atoms with Crippen molar-refractivity contribution in [1.29, 1.82) is 0 Å². The average Bonchev–Trinajstić information content (AvgIpc) is 2.77. The molecule has 3 aromatic rings. The lowest BCUT2D eigenvalue weighted by Crippen LogP contribution is -2.28. The van der Waals surface area contributed by atoms with Crippen LogP contribution in [-0.4, -0.2) is 19.9 Å². The highest BCUT2D eigenvalue weighted by Gasteiger charge is 2.35. The van der Waals surface area contributed by atoms with Gasteiger partial charge in [-0.05, 0) is 6.07 Å². The Labute approximate surface area is 111 Å². The first-order valence-corrected chi connectivity index (χ1v) is 5.57. The Morgan fingerprint density at radius 3 is 2.35 bits per heavy atom. The number of H-pyrrole nitrogens is 3. The number of aromatic nitrogens is 4. The van der Waals surface area contributed by atoms with Gasteiger partial charge in [-0.25, -0.2) is 4.98 Å². The molecule has 3 N–H and O–H groups in total. The van der Waals surface area contributed by atoms with Gasteiger partial charge >= 0.3 is 17.3 Å². The Hall–Kier alpha value is -2.29. The molecule has 0 unspecified atom stereocenters. The van der Waals surface area contributed by atoms with E-state index in [2.05, 4.69) is 19.9 Å². The van der Waals surface area contributed by atoms with Gasteiger partial charge in [0, 0.05) is 0 Å². The first-order chi connectivity index (χ1) is 9.27. The Bertz CT molecular complexity index is 953. The Kier molecular flexibility index (Phi) is 2.45. The summed E-state index contributed by atoms with van der Waals surface area (Å²) in [5.74, 6) is -1.24. The molecule has 6 nitrogen and oxygen atoms in total. The molecule has 0 radical (unpaired) electrons. The van der Waals surface area contributed by atoms with E-state index in [4.69, 9.17) is 11.6 Å². The maximum absolute atomic E-state index is 12.6. The van der Waals surface area contributed by atoms with Crippen LogP contribution in [0, 0.1) is 0 Å². The molecule has 2 heterocycles. The number of nitrogens with zero attached hydrogens (tertiary/aromatic N) is 1. The molecule has 3 rings (SSSR count). The molecular formula is C10H4ClF3N4O2. The van der Waals surface area contributed by atoms with Gasteiger partial charge < -0.3 is 15.0 Å². The average molecular weight is 305 g/mol. The third-order valence-corrected chi connectivity index (χ3v) is 2.97. The molecule has 1 aromatic carbocycles. The molecule has 20 heavy (non-hydrogen) atoms. The summed E-state index contributed by atoms with van der Waals surface area (Å²) in [6.45, 7) is 0. The fourth-order valence-electron chi connectivity index (χ4n) is 1.84. The van der Waals surface area contributed by atoms with Crippen molar-refractivity contribution in [1.82, 2.24) is 19.9 Å². The standard InChI is InChI=1S/C10H4ClF3N4O2/c11-2-1-3-5(16-8(20)7(19)15-3)6-4(2)17-9(18-6)10(12,13)14/h1H,(H,15,19)(H,16,20)(H,17,18). The van der Waals surface area contributed by atoms with Crippen molar-refractivity contribution >= 4 is 33.7 Å². The normalized spacial score (nSPS) is 12.4. The second kappa shape index (κ2) is 3.85. The van der Waals surface area contributed by atoms with Crippen molar-refractivity contribution in [3.8, 4) is 0 Å². The zero-order chi connectivity index (χ0) is 14.7. The smallest absolute Gasteiger partial charge is 0.333 e. The lowest BCUT2D eigenvalue weighted by Gasteiger charge is -2.00. The van der Waals surface area contributed by atoms with Crippen LogP contribution in [0.5, 0.6) is 0 Å². The topological polar surface area (TPSA) is 94.4 Å². The van der Waals surface area contributed by atoms with E-state index in [1.807, 2.05) is 0 Å². The Balaban J connectivity index is 2.52. The summed E-state index contributed by atoms with van der Waals surface area (Å²) in [7, 11) is 0. The van der Waals surface area contributed by atoms with Crippen LogP contribution in [0.15, 0.2) is 15.7 Å². The van der Waals surface area contributed by atoms with Crippen LogP contribution < -0.4 is 11.1 Å². The highest BCUT2D eigenvalue weighted by molar-refractivity contribution is 6.36. The number of alkyl halides is 3. The van der Waals surface area contributed by atoms with E-state index in [9.17, 15) is 22.8 Å². The summed E-state index contributed by atoms with van der Waals surface area (Å²) in [5.41, 5.74) is -2.06. The van der Waals surface area contributed by atoms with E-state index in [0.717, 1.165) is 0 Å². The van der Waals surface area contributed by atoms with Gasteiger partial charge in [-0.3, -0.25) is 9.59 Å². The zero-order valence-corrected chi connectivity index (χ0v) is 10.1. The fourth-order valence-corrected chi connectivity index (χ4v) is 2.09. The van der Waals surface area contributed by atoms with Crippen molar-refractivity contribution in [2.75, 3.05) is 0 Å². The number of aromatic amines is 3. The summed E-state index contributed by atoms with van der Waals surface area (Å²) in [4.78, 5) is 32.3. The van der Waals surface area contributed by atoms with Gasteiger partial charge in [0.2, 0.25) is 5.82 Å². The molecule has 2 aromatic heterocycles. The van der Waals surface area contributed by atoms with Gasteiger partial charge in [-0.1, -0.05) is 11.6 Å². The predicted molar refractivity (Wildman–Crippen MR) is 64.9 cm³/mol. The second-order valence-electron chi connectivity index (χ2n) is 4.00. The lowest BCUT2D eigenvalue weighted by atomic mass is 10.2. The number of hydrogen-bond donors (Lipinski definition) is 3. The van der Waals surface area contributed by atoms with Gasteiger partial charge in [0.1, 0.15) is 5.52 Å². The second-order valence-corrected chi connectivity index (χ2v) is 4.40. The number of rotatable bonds is 0. The SMILES string of the molecule is O=c1[nH]c2cc(Cl)c3nc(C(F)(F)F)[nH]c3c2[nH]c1=O. The van der Waals surface area contributed by atoms with Crippen molar-refractivity contribution in [2.45, 2.75) is 6.18 Å². The number of hydrogen-bond acceptors (Lipinski definition) is 3. The van der Waals surface area contributed by atoms with Crippen molar-refractivity contribution in [3.05, 3.63) is 37.6 Å². The summed E-state index contributed by atoms with van der Waals surface area (Å²) < 4.78 is 37.9. The fraction of sp³-hybridized carbons (Fsp3) is 0.100. The first-order valence-electron chi connectivity index (χ1n) is 5.19. The third-order valence-electron chi connectivity index (χ3n) is 2.68. The Morgan fingerprint density at radius 1 is 1.05 bits per heavy atom. The number of nitrogens with one attached hydrogen (secondary N) is 3. The molecule has 0 aliphatic rings. The molecule has 104 valence electrons. The highest BCUT2D eigenvalue weighted by atomic mass is 35.5. The van der Waals surface area contributed by atoms with E-state index in [1.54, 1.807) is 0 Å². The lowest BCUT2D eigenvalue weighted by molar-refractivity contribution is -0.144. The minimum absolute atomic E-state index is 0.00278. The molecule has 0 aliphatic carbocycles. The van der Waals surface area contributed by atoms with E-state index in [1.165, 1.54) is 6.07 Å². The summed E-state index contributed by atoms with van der Waals surface area (Å²) >= 11 is 5.83. The monoisotopic (exact) mass is 304 g/mol. The molecule has 10 heteroatoms. The quantitative estimate of drug-likeness (QED) is 0.552. The van der Waals surface area contributed by atoms with Crippen molar-refractivity contribution in [3.63, 3.8) is 0 Å². The van der Waals surface area contributed by atoms with Crippen LogP contribution in [0.4, 0.5) is 13.2 Å². The van der Waals surface area contributed by atoms with Crippen LogP contribution in [0.3, 0.4) is 0 Å². The molecule has 0 saturated heterocycles. The molecule has 0 fully saturated rings. The summed E-state index contributed by atoms with van der Waals surface area (Å²) in [6, 6.07) is 1.22. The van der Waals surface area contributed by atoms with Gasteiger partial charge in [0.05, 0.1) is 21.6 Å². The minimum Gasteiger partial charge on any atom is -0.333 e. The Morgan fingerprint density at radius 2 is 1.70 bits per heavy atom. The van der Waals surface area contributed by atoms with Crippen LogP contribution >= 0.6 is 11.6 Å². The van der Waals surface area contributed by atoms with E-state index in [0.29, 0.717) is 0 Å². The van der Waals surface area contributed by atoms with E-state index < -0.39 is 23.1 Å². The number of halogens is 4. The number of imidazole rings is 1. The molecule has 0 amide bonds. The summed E-state index contributed by atoms with van der Waals surface area (Å²) in [6.07, 6.45) is -4.68. The van der Waals surface area contributed by atoms with Crippen LogP contribution in [-0.2, 0) is 6.18 Å². The van der Waals surface area contributed by atoms with Crippen LogP contribution in [0.2, 0.25) is 5.02 Å². The largest absolute Gasteiger partial charge is 0.449 e. The van der Waals surface area contributed by atoms with Gasteiger partial charge in [-0.15, -0.1) is 0 Å². The molecule has 0 bridgehead atoms. The van der Waals surface area contributed by atoms with E-state index in [-0.39, 0.29) is 27.1 Å². The minimum atomic E-state index is -4.68. The van der Waals surface area contributed by atoms with E-state index >= 15 is 0 Å². The predicted octanol–water partition coefficient (Wildman–Crippen LogP) is 1.76. The van der Waals surface area contributed by atoms with Crippen molar-refractivity contribution in [2.24, 2.45) is 0 Å². The molecule has 0 aliphatic heterocycles. The van der Waals surface area contributed by atoms with Gasteiger partial charge in [-0.2, -0.15) is 13.2 Å².